The van der Waals surface area contributed by atoms with Crippen LogP contribution in [-0.2, 0) is 65.4 Å². The van der Waals surface area contributed by atoms with Crippen molar-refractivity contribution in [3.05, 3.63) is 0 Å². The minimum absolute atomic E-state index is 0.108. The first-order chi connectivity index (χ1) is 47.7. The van der Waals surface area contributed by atoms with E-state index in [4.69, 9.17) is 37.0 Å². The Morgan fingerprint density at radius 3 is 0.602 bits per heavy atom. The third-order valence-corrected chi connectivity index (χ3v) is 20.5. The van der Waals surface area contributed by atoms with Gasteiger partial charge >= 0.3 is 39.5 Å². The quantitative estimate of drug-likeness (QED) is 0.0222. The summed E-state index contributed by atoms with van der Waals surface area (Å²) < 4.78 is 68.5. The molecule has 0 saturated carbocycles. The average Bonchev–Trinajstić information content (AvgIpc) is 0.975. The van der Waals surface area contributed by atoms with Gasteiger partial charge in [0.15, 0.2) is 12.2 Å². The Bertz CT molecular complexity index is 1860. The first kappa shape index (κ1) is 96.1. The van der Waals surface area contributed by atoms with Crippen LogP contribution in [0.4, 0.5) is 0 Å². The lowest BCUT2D eigenvalue weighted by Crippen LogP contribution is -2.30. The van der Waals surface area contributed by atoms with Crippen molar-refractivity contribution in [2.24, 2.45) is 0 Å². The fraction of sp³-hybridized carbons (Fsp3) is 0.949. The number of carbonyl (C=O) groups is 4. The number of unbranched alkanes of at least 4 members (excludes halogenated alkanes) is 54. The first-order valence-electron chi connectivity index (χ1n) is 41.3. The zero-order valence-corrected chi connectivity index (χ0v) is 65.6. The molecule has 0 aromatic carbocycles. The van der Waals surface area contributed by atoms with Gasteiger partial charge < -0.3 is 33.8 Å². The van der Waals surface area contributed by atoms with Crippen LogP contribution in [0, 0.1) is 0 Å². The number of carbonyl (C=O) groups excluding carboxylic acids is 4. The molecule has 3 N–H and O–H groups in total. The smallest absolute Gasteiger partial charge is 0.462 e. The normalized spacial score (nSPS) is 13.8. The Kier molecular flexibility index (Phi) is 71.9. The van der Waals surface area contributed by atoms with Gasteiger partial charge in [0.25, 0.3) is 0 Å². The SMILES string of the molecule is CCCCCCCCCCCCCCCCCCCCCCCC(=O)O[C@H](COC(=O)CCCCCCCCCCCCCCCCCCCC)COP(=O)(O)OC[C@@H](O)COP(=O)(O)OC[C@@H](COC(=O)CCCCCCCCC)OC(=O)CCCCCCCCCCCCCC. The molecule has 0 bridgehead atoms. The molecule has 0 aromatic rings. The molecule has 19 heteroatoms. The zero-order valence-electron chi connectivity index (χ0n) is 63.8. The summed E-state index contributed by atoms with van der Waals surface area (Å²) in [5, 5.41) is 10.6. The van der Waals surface area contributed by atoms with Gasteiger partial charge in [-0.3, -0.25) is 37.3 Å². The molecule has 0 aliphatic heterocycles. The number of phosphoric ester groups is 2. The van der Waals surface area contributed by atoms with Crippen LogP contribution in [0.5, 0.6) is 0 Å². The second kappa shape index (κ2) is 73.4. The highest BCUT2D eigenvalue weighted by molar-refractivity contribution is 7.47. The molecule has 98 heavy (non-hydrogen) atoms. The monoisotopic (exact) mass is 1440 g/mol. The van der Waals surface area contributed by atoms with E-state index in [0.717, 1.165) is 103 Å². The Morgan fingerprint density at radius 2 is 0.408 bits per heavy atom. The standard InChI is InChI=1S/C79H154O17P2/c1-5-9-13-17-21-24-27-30-32-34-36-37-38-40-42-44-47-50-54-58-62-66-79(84)96-75(70-90-77(82)64-60-56-52-48-46-43-41-39-35-33-31-28-25-22-18-14-10-6-2)72-94-98(87,88)92-68-73(80)67-91-97(85,86)93-71-74(69-89-76(81)63-59-55-51-20-16-12-8-4)95-78(83)65-61-57-53-49-45-29-26-23-19-15-11-7-3/h73-75,80H,5-72H2,1-4H3,(H,85,86)(H,87,88)/t73-,74+,75+/m0/s1. The Morgan fingerprint density at radius 1 is 0.245 bits per heavy atom. The van der Waals surface area contributed by atoms with Crippen molar-refractivity contribution < 1.29 is 80.2 Å². The second-order valence-electron chi connectivity index (χ2n) is 28.5. The molecule has 0 aliphatic carbocycles. The van der Waals surface area contributed by atoms with Crippen LogP contribution in [0.15, 0.2) is 0 Å². The van der Waals surface area contributed by atoms with Gasteiger partial charge in [0.2, 0.25) is 0 Å². The zero-order chi connectivity index (χ0) is 71.8. The van der Waals surface area contributed by atoms with Crippen LogP contribution in [0.2, 0.25) is 0 Å². The predicted molar refractivity (Wildman–Crippen MR) is 400 cm³/mol. The number of aliphatic hydroxyl groups excluding tert-OH is 1. The summed E-state index contributed by atoms with van der Waals surface area (Å²) in [6.45, 7) is 4.96. The maximum atomic E-state index is 13.1. The molecule has 0 heterocycles. The van der Waals surface area contributed by atoms with Crippen LogP contribution in [0.3, 0.4) is 0 Å². The van der Waals surface area contributed by atoms with Crippen LogP contribution in [0.25, 0.3) is 0 Å². The van der Waals surface area contributed by atoms with E-state index in [2.05, 4.69) is 27.7 Å². The minimum atomic E-state index is -4.96. The predicted octanol–water partition coefficient (Wildman–Crippen LogP) is 23.8. The lowest BCUT2D eigenvalue weighted by Gasteiger charge is -2.21. The molecule has 0 spiro atoms. The molecule has 0 fully saturated rings. The van der Waals surface area contributed by atoms with Gasteiger partial charge in [-0.1, -0.05) is 374 Å². The Hall–Kier alpha value is -1.94. The average molecular weight is 1440 g/mol. The van der Waals surface area contributed by atoms with E-state index >= 15 is 0 Å². The van der Waals surface area contributed by atoms with Gasteiger partial charge in [0.1, 0.15) is 19.3 Å². The fourth-order valence-corrected chi connectivity index (χ4v) is 13.9. The largest absolute Gasteiger partial charge is 0.472 e. The fourth-order valence-electron chi connectivity index (χ4n) is 12.3. The van der Waals surface area contributed by atoms with E-state index < -0.39 is 97.5 Å². The third kappa shape index (κ3) is 72.4. The number of phosphoric acid groups is 2. The van der Waals surface area contributed by atoms with Crippen LogP contribution in [-0.4, -0.2) is 96.7 Å². The summed E-state index contributed by atoms with van der Waals surface area (Å²) in [5.41, 5.74) is 0. The number of hydrogen-bond donors (Lipinski definition) is 3. The summed E-state index contributed by atoms with van der Waals surface area (Å²) >= 11 is 0. The highest BCUT2D eigenvalue weighted by Crippen LogP contribution is 2.45. The van der Waals surface area contributed by atoms with Crippen molar-refractivity contribution in [2.75, 3.05) is 39.6 Å². The van der Waals surface area contributed by atoms with Crippen molar-refractivity contribution in [3.8, 4) is 0 Å². The van der Waals surface area contributed by atoms with E-state index in [1.807, 2.05) is 0 Å². The molecule has 582 valence electrons. The lowest BCUT2D eigenvalue weighted by atomic mass is 10.0. The van der Waals surface area contributed by atoms with Gasteiger partial charge in [-0.25, -0.2) is 9.13 Å². The van der Waals surface area contributed by atoms with E-state index in [1.54, 1.807) is 0 Å². The molecule has 0 amide bonds. The summed E-state index contributed by atoms with van der Waals surface area (Å²) in [7, 11) is -9.91. The number of rotatable bonds is 80. The molecule has 0 radical (unpaired) electrons. The van der Waals surface area contributed by atoms with E-state index in [9.17, 15) is 43.2 Å². The molecular weight excluding hydrogens is 1280 g/mol. The van der Waals surface area contributed by atoms with Crippen LogP contribution in [0.1, 0.15) is 426 Å². The molecule has 5 atom stereocenters. The molecule has 17 nitrogen and oxygen atoms in total. The minimum Gasteiger partial charge on any atom is -0.462 e. The molecule has 0 aliphatic rings. The van der Waals surface area contributed by atoms with Gasteiger partial charge in [0, 0.05) is 25.7 Å². The maximum Gasteiger partial charge on any atom is 0.472 e. The van der Waals surface area contributed by atoms with Gasteiger partial charge in [-0.05, 0) is 25.7 Å². The number of esters is 4. The highest BCUT2D eigenvalue weighted by atomic mass is 31.2. The van der Waals surface area contributed by atoms with Gasteiger partial charge in [-0.15, -0.1) is 0 Å². The Balaban J connectivity index is 5.16. The van der Waals surface area contributed by atoms with Crippen molar-refractivity contribution in [1.29, 1.82) is 0 Å². The molecule has 0 aromatic heterocycles. The van der Waals surface area contributed by atoms with Crippen molar-refractivity contribution in [1.82, 2.24) is 0 Å². The third-order valence-electron chi connectivity index (χ3n) is 18.6. The molecular formula is C79H154O17P2. The first-order valence-corrected chi connectivity index (χ1v) is 44.3. The van der Waals surface area contributed by atoms with Crippen molar-refractivity contribution in [3.63, 3.8) is 0 Å². The number of ether oxygens (including phenoxy) is 4. The summed E-state index contributed by atoms with van der Waals surface area (Å²) in [6, 6.07) is 0. The molecule has 0 rings (SSSR count). The van der Waals surface area contributed by atoms with Gasteiger partial charge in [0.05, 0.1) is 26.4 Å². The van der Waals surface area contributed by atoms with Crippen LogP contribution < -0.4 is 0 Å². The summed E-state index contributed by atoms with van der Waals surface area (Å²) in [5.74, 6) is -2.11. The topological polar surface area (TPSA) is 237 Å². The highest BCUT2D eigenvalue weighted by Gasteiger charge is 2.30. The summed E-state index contributed by atoms with van der Waals surface area (Å²) in [4.78, 5) is 72.8. The van der Waals surface area contributed by atoms with E-state index in [0.29, 0.717) is 25.7 Å². The van der Waals surface area contributed by atoms with Crippen molar-refractivity contribution in [2.45, 2.75) is 444 Å². The second-order valence-corrected chi connectivity index (χ2v) is 31.4. The lowest BCUT2D eigenvalue weighted by molar-refractivity contribution is -0.161. The van der Waals surface area contributed by atoms with Crippen LogP contribution >= 0.6 is 15.6 Å². The maximum absolute atomic E-state index is 13.1. The van der Waals surface area contributed by atoms with E-state index in [1.165, 1.54) is 244 Å². The molecule has 2 unspecified atom stereocenters. The number of hydrogen-bond acceptors (Lipinski definition) is 15. The summed E-state index contributed by atoms with van der Waals surface area (Å²) in [6.07, 6.45) is 65.5. The molecule has 0 saturated heterocycles. The van der Waals surface area contributed by atoms with Gasteiger partial charge in [-0.2, -0.15) is 0 Å². The number of aliphatic hydroxyl groups is 1. The Labute approximate surface area is 600 Å². The van der Waals surface area contributed by atoms with E-state index in [-0.39, 0.29) is 25.7 Å². The van der Waals surface area contributed by atoms with Crippen molar-refractivity contribution >= 4 is 39.5 Å².